The molecule has 3 aromatic rings. The van der Waals surface area contributed by atoms with Gasteiger partial charge in [-0.1, -0.05) is 98.1 Å². The average molecular weight is 465 g/mol. The first-order valence-corrected chi connectivity index (χ1v) is 11.7. The smallest absolute Gasteiger partial charge is 0.213 e. The molecule has 2 atom stereocenters. The van der Waals surface area contributed by atoms with Crippen LogP contribution in [0.15, 0.2) is 65.8 Å². The SMILES string of the molecule is Cc1ccc(C2=NN3[C@H](C2)c2cc(Cl)cc(Cl)c2O[C@H]3c2ccc(C(C)(C)C)cc2)cc1. The summed E-state index contributed by atoms with van der Waals surface area (Å²) in [6.45, 7) is 8.74. The maximum Gasteiger partial charge on any atom is 0.213 e. The predicted octanol–water partition coefficient (Wildman–Crippen LogP) is 7.84. The van der Waals surface area contributed by atoms with Crippen LogP contribution in [0.2, 0.25) is 10.0 Å². The number of hydrogen-bond acceptors (Lipinski definition) is 3. The first kappa shape index (κ1) is 21.4. The molecule has 32 heavy (non-hydrogen) atoms. The highest BCUT2D eigenvalue weighted by molar-refractivity contribution is 6.35. The maximum absolute atomic E-state index is 6.58. The molecule has 0 spiro atoms. The molecule has 0 fully saturated rings. The Bertz CT molecular complexity index is 1190. The number of fused-ring (bicyclic) bond motifs is 3. The summed E-state index contributed by atoms with van der Waals surface area (Å²) in [5, 5.41) is 8.24. The minimum atomic E-state index is -0.358. The number of hydrogen-bond donors (Lipinski definition) is 0. The van der Waals surface area contributed by atoms with E-state index in [2.05, 4.69) is 81.2 Å². The van der Waals surface area contributed by atoms with Gasteiger partial charge in [0, 0.05) is 22.6 Å². The summed E-state index contributed by atoms with van der Waals surface area (Å²) >= 11 is 12.9. The van der Waals surface area contributed by atoms with Gasteiger partial charge >= 0.3 is 0 Å². The molecule has 0 aliphatic carbocycles. The summed E-state index contributed by atoms with van der Waals surface area (Å²) in [6.07, 6.45) is 0.412. The van der Waals surface area contributed by atoms with Gasteiger partial charge in [0.2, 0.25) is 6.23 Å². The van der Waals surface area contributed by atoms with Gasteiger partial charge in [-0.2, -0.15) is 5.10 Å². The molecule has 0 unspecified atom stereocenters. The predicted molar refractivity (Wildman–Crippen MR) is 132 cm³/mol. The van der Waals surface area contributed by atoms with Gasteiger partial charge in [0.05, 0.1) is 16.8 Å². The third-order valence-electron chi connectivity index (χ3n) is 6.25. The van der Waals surface area contributed by atoms with Crippen molar-refractivity contribution in [3.63, 3.8) is 0 Å². The van der Waals surface area contributed by atoms with E-state index in [1.54, 1.807) is 6.07 Å². The summed E-state index contributed by atoms with van der Waals surface area (Å²) in [5.74, 6) is 0.697. The lowest BCUT2D eigenvalue weighted by molar-refractivity contribution is -0.0189. The lowest BCUT2D eigenvalue weighted by Gasteiger charge is -2.38. The second-order valence-electron chi connectivity index (χ2n) is 9.66. The van der Waals surface area contributed by atoms with Crippen molar-refractivity contribution in [1.82, 2.24) is 5.01 Å². The first-order chi connectivity index (χ1) is 15.2. The normalized spacial score (nSPS) is 19.8. The first-order valence-electron chi connectivity index (χ1n) is 10.9. The Balaban J connectivity index is 1.59. The van der Waals surface area contributed by atoms with Crippen LogP contribution < -0.4 is 4.74 Å². The van der Waals surface area contributed by atoms with Crippen molar-refractivity contribution in [3.05, 3.63) is 98.5 Å². The Kier molecular flexibility index (Phi) is 5.22. The van der Waals surface area contributed by atoms with Gasteiger partial charge in [-0.05, 0) is 35.6 Å². The zero-order chi connectivity index (χ0) is 22.6. The van der Waals surface area contributed by atoms with Crippen LogP contribution in [0.5, 0.6) is 5.75 Å². The standard InChI is InChI=1S/C27H26Cl2N2O/c1-16-5-7-17(8-6-16)23-15-24-21-13-20(28)14-22(29)25(21)32-26(31(24)30-23)18-9-11-19(12-10-18)27(2,3)4/h5-14,24,26H,15H2,1-4H3/t24-,26+/m1/s1. The minimum Gasteiger partial charge on any atom is -0.463 e. The molecule has 0 aromatic heterocycles. The molecule has 3 nitrogen and oxygen atoms in total. The second-order valence-corrected chi connectivity index (χ2v) is 10.5. The maximum atomic E-state index is 6.58. The summed E-state index contributed by atoms with van der Waals surface area (Å²) in [7, 11) is 0. The van der Waals surface area contributed by atoms with Gasteiger partial charge in [-0.25, -0.2) is 5.01 Å². The van der Waals surface area contributed by atoms with Crippen LogP contribution >= 0.6 is 23.2 Å². The largest absolute Gasteiger partial charge is 0.463 e. The van der Waals surface area contributed by atoms with Gasteiger partial charge in [0.25, 0.3) is 0 Å². The van der Waals surface area contributed by atoms with Crippen LogP contribution in [-0.2, 0) is 5.41 Å². The molecule has 0 saturated heterocycles. The van der Waals surface area contributed by atoms with Crippen molar-refractivity contribution in [3.8, 4) is 5.75 Å². The Morgan fingerprint density at radius 2 is 1.66 bits per heavy atom. The van der Waals surface area contributed by atoms with E-state index in [9.17, 15) is 0 Å². The number of rotatable bonds is 2. The van der Waals surface area contributed by atoms with E-state index in [0.717, 1.165) is 28.8 Å². The molecule has 2 aliphatic heterocycles. The van der Waals surface area contributed by atoms with Crippen LogP contribution in [0, 0.1) is 6.92 Å². The number of aryl methyl sites for hydroxylation is 1. The third-order valence-corrected chi connectivity index (χ3v) is 6.75. The molecule has 0 amide bonds. The van der Waals surface area contributed by atoms with Gasteiger partial charge < -0.3 is 4.74 Å². The monoisotopic (exact) mass is 464 g/mol. The lowest BCUT2D eigenvalue weighted by atomic mass is 9.86. The van der Waals surface area contributed by atoms with Crippen LogP contribution in [-0.4, -0.2) is 10.7 Å². The molecule has 164 valence electrons. The lowest BCUT2D eigenvalue weighted by Crippen LogP contribution is -2.34. The van der Waals surface area contributed by atoms with E-state index in [4.69, 9.17) is 33.0 Å². The summed E-state index contributed by atoms with van der Waals surface area (Å²) in [6, 6.07) is 20.8. The van der Waals surface area contributed by atoms with E-state index in [1.807, 2.05) is 6.07 Å². The minimum absolute atomic E-state index is 0.0125. The number of hydrazone groups is 1. The molecule has 0 saturated carbocycles. The Labute approximate surface area is 199 Å². The summed E-state index contributed by atoms with van der Waals surface area (Å²) in [5.41, 5.74) is 6.80. The van der Waals surface area contributed by atoms with Crippen molar-refractivity contribution < 1.29 is 4.74 Å². The van der Waals surface area contributed by atoms with Gasteiger partial charge in [0.1, 0.15) is 5.75 Å². The van der Waals surface area contributed by atoms with Gasteiger partial charge in [0.15, 0.2) is 0 Å². The fourth-order valence-corrected chi connectivity index (χ4v) is 4.96. The molecule has 2 aliphatic rings. The summed E-state index contributed by atoms with van der Waals surface area (Å²) in [4.78, 5) is 0. The van der Waals surface area contributed by atoms with Crippen molar-refractivity contribution >= 4 is 28.9 Å². The second kappa shape index (κ2) is 7.83. The third kappa shape index (κ3) is 3.78. The van der Waals surface area contributed by atoms with Crippen molar-refractivity contribution in [1.29, 1.82) is 0 Å². The topological polar surface area (TPSA) is 24.8 Å². The molecule has 3 aromatic carbocycles. The fourth-order valence-electron chi connectivity index (χ4n) is 4.40. The molecular weight excluding hydrogens is 439 g/mol. The zero-order valence-corrected chi connectivity index (χ0v) is 20.2. The number of halogens is 2. The highest BCUT2D eigenvalue weighted by Crippen LogP contribution is 2.50. The number of nitrogens with zero attached hydrogens (tertiary/aromatic N) is 2. The average Bonchev–Trinajstić information content (AvgIpc) is 3.19. The number of benzene rings is 3. The van der Waals surface area contributed by atoms with E-state index in [-0.39, 0.29) is 17.7 Å². The zero-order valence-electron chi connectivity index (χ0n) is 18.7. The van der Waals surface area contributed by atoms with Crippen molar-refractivity contribution in [2.24, 2.45) is 5.10 Å². The molecule has 0 N–H and O–H groups in total. The molecule has 0 radical (unpaired) electrons. The highest BCUT2D eigenvalue weighted by atomic mass is 35.5. The van der Waals surface area contributed by atoms with Crippen LogP contribution in [0.4, 0.5) is 0 Å². The van der Waals surface area contributed by atoms with Gasteiger partial charge in [-0.3, -0.25) is 0 Å². The van der Waals surface area contributed by atoms with E-state index in [1.165, 1.54) is 11.1 Å². The Morgan fingerprint density at radius 3 is 2.31 bits per heavy atom. The van der Waals surface area contributed by atoms with E-state index < -0.39 is 0 Å². The van der Waals surface area contributed by atoms with E-state index >= 15 is 0 Å². The molecule has 5 heteroatoms. The van der Waals surface area contributed by atoms with Crippen molar-refractivity contribution in [2.75, 3.05) is 0 Å². The molecule has 2 heterocycles. The van der Waals surface area contributed by atoms with Crippen molar-refractivity contribution in [2.45, 2.75) is 51.8 Å². The molecule has 5 rings (SSSR count). The quantitative estimate of drug-likeness (QED) is 0.385. The fraction of sp³-hybridized carbons (Fsp3) is 0.296. The molecular formula is C27H26Cl2N2O. The number of ether oxygens (including phenoxy) is 1. The van der Waals surface area contributed by atoms with Crippen LogP contribution in [0.1, 0.15) is 67.3 Å². The van der Waals surface area contributed by atoms with Gasteiger partial charge in [-0.15, -0.1) is 0 Å². The van der Waals surface area contributed by atoms with Crippen LogP contribution in [0.3, 0.4) is 0 Å². The Hall–Kier alpha value is -2.49. The Morgan fingerprint density at radius 1 is 0.969 bits per heavy atom. The molecule has 0 bridgehead atoms. The van der Waals surface area contributed by atoms with E-state index in [0.29, 0.717) is 15.8 Å². The highest BCUT2D eigenvalue weighted by Gasteiger charge is 2.42. The summed E-state index contributed by atoms with van der Waals surface area (Å²) < 4.78 is 6.47. The van der Waals surface area contributed by atoms with Crippen LogP contribution in [0.25, 0.3) is 0 Å².